The van der Waals surface area contributed by atoms with Crippen LogP contribution in [-0.2, 0) is 4.79 Å². The number of amides is 3. The van der Waals surface area contributed by atoms with E-state index in [4.69, 9.17) is 5.84 Å². The Labute approximate surface area is 77.2 Å². The van der Waals surface area contributed by atoms with Gasteiger partial charge in [-0.1, -0.05) is 20.8 Å². The number of rotatable bonds is 2. The van der Waals surface area contributed by atoms with E-state index in [1.165, 1.54) is 0 Å². The van der Waals surface area contributed by atoms with Crippen LogP contribution in [0.25, 0.3) is 0 Å². The molecule has 74 valence electrons. The third kappa shape index (κ3) is 1.19. The quantitative estimate of drug-likeness (QED) is 0.367. The lowest BCUT2D eigenvalue weighted by Gasteiger charge is -2.28. The lowest BCUT2D eigenvalue weighted by molar-refractivity contribution is -0.133. The number of carbonyl (C=O) groups is 2. The van der Waals surface area contributed by atoms with Crippen molar-refractivity contribution in [1.82, 2.24) is 10.3 Å². The molecular weight excluding hydrogens is 170 g/mol. The summed E-state index contributed by atoms with van der Waals surface area (Å²) in [7, 11) is 0. The van der Waals surface area contributed by atoms with E-state index >= 15 is 0 Å². The van der Waals surface area contributed by atoms with Gasteiger partial charge in [-0.25, -0.2) is 10.6 Å². The summed E-state index contributed by atoms with van der Waals surface area (Å²) in [5.41, 5.74) is -0.800. The summed E-state index contributed by atoms with van der Waals surface area (Å²) < 4.78 is 0. The maximum absolute atomic E-state index is 11.6. The third-order valence-electron chi connectivity index (χ3n) is 2.69. The standard InChI is InChI=1S/C8H15N3O2/c1-4-8(5(2)3)6(12)11(9)7(13)10-8/h5H,4,9H2,1-3H3,(H,10,13). The molecule has 0 aliphatic carbocycles. The molecule has 1 atom stereocenters. The first-order valence-corrected chi connectivity index (χ1v) is 4.37. The third-order valence-corrected chi connectivity index (χ3v) is 2.69. The smallest absolute Gasteiger partial charge is 0.322 e. The highest BCUT2D eigenvalue weighted by atomic mass is 16.2. The van der Waals surface area contributed by atoms with Crippen molar-refractivity contribution >= 4 is 11.9 Å². The van der Waals surface area contributed by atoms with E-state index in [-0.39, 0.29) is 11.8 Å². The van der Waals surface area contributed by atoms with Crippen LogP contribution in [0.4, 0.5) is 4.79 Å². The largest absolute Gasteiger partial charge is 0.339 e. The van der Waals surface area contributed by atoms with Gasteiger partial charge in [0.15, 0.2) is 0 Å². The van der Waals surface area contributed by atoms with E-state index < -0.39 is 11.6 Å². The first-order chi connectivity index (χ1) is 5.95. The van der Waals surface area contributed by atoms with Crippen LogP contribution in [0.2, 0.25) is 0 Å². The highest BCUT2D eigenvalue weighted by Crippen LogP contribution is 2.27. The Morgan fingerprint density at radius 2 is 2.08 bits per heavy atom. The van der Waals surface area contributed by atoms with Gasteiger partial charge in [-0.15, -0.1) is 0 Å². The normalized spacial score (nSPS) is 28.5. The van der Waals surface area contributed by atoms with Gasteiger partial charge in [-0.05, 0) is 12.3 Å². The summed E-state index contributed by atoms with van der Waals surface area (Å²) in [5.74, 6) is 4.99. The molecule has 1 aliphatic heterocycles. The van der Waals surface area contributed by atoms with E-state index in [1.54, 1.807) is 0 Å². The van der Waals surface area contributed by atoms with Crippen LogP contribution in [0.5, 0.6) is 0 Å². The van der Waals surface area contributed by atoms with Gasteiger partial charge in [0, 0.05) is 0 Å². The van der Waals surface area contributed by atoms with Crippen LogP contribution in [0.3, 0.4) is 0 Å². The zero-order chi connectivity index (χ0) is 10.2. The number of carbonyl (C=O) groups excluding carboxylic acids is 2. The lowest BCUT2D eigenvalue weighted by Crippen LogP contribution is -2.51. The Kier molecular flexibility index (Phi) is 2.30. The molecule has 1 rings (SSSR count). The van der Waals surface area contributed by atoms with Crippen molar-refractivity contribution in [3.8, 4) is 0 Å². The van der Waals surface area contributed by atoms with Crippen LogP contribution in [0.1, 0.15) is 27.2 Å². The summed E-state index contributed by atoms with van der Waals surface area (Å²) in [5, 5.41) is 3.28. The van der Waals surface area contributed by atoms with Crippen molar-refractivity contribution in [1.29, 1.82) is 0 Å². The predicted octanol–water partition coefficient (Wildman–Crippen LogP) is 0.217. The average Bonchev–Trinajstić information content (AvgIpc) is 2.30. The number of imide groups is 1. The van der Waals surface area contributed by atoms with Gasteiger partial charge in [-0.3, -0.25) is 4.79 Å². The summed E-state index contributed by atoms with van der Waals surface area (Å²) in [4.78, 5) is 22.8. The highest BCUT2D eigenvalue weighted by Gasteiger charge is 2.51. The molecule has 0 aromatic heterocycles. The summed E-state index contributed by atoms with van der Waals surface area (Å²) in [6.07, 6.45) is 0.558. The second-order valence-corrected chi connectivity index (χ2v) is 3.58. The maximum atomic E-state index is 11.6. The minimum atomic E-state index is -0.800. The Hall–Kier alpha value is -1.10. The van der Waals surface area contributed by atoms with Crippen LogP contribution in [0.15, 0.2) is 0 Å². The number of hydrogen-bond donors (Lipinski definition) is 2. The highest BCUT2D eigenvalue weighted by molar-refractivity contribution is 6.06. The van der Waals surface area contributed by atoms with E-state index in [9.17, 15) is 9.59 Å². The number of nitrogens with zero attached hydrogens (tertiary/aromatic N) is 1. The fourth-order valence-electron chi connectivity index (χ4n) is 1.65. The molecule has 1 aliphatic rings. The molecule has 13 heavy (non-hydrogen) atoms. The van der Waals surface area contributed by atoms with Crippen molar-refractivity contribution < 1.29 is 9.59 Å². The van der Waals surface area contributed by atoms with E-state index in [2.05, 4.69) is 5.32 Å². The summed E-state index contributed by atoms with van der Waals surface area (Å²) in [6, 6.07) is -0.513. The zero-order valence-electron chi connectivity index (χ0n) is 8.13. The van der Waals surface area contributed by atoms with Gasteiger partial charge in [0.25, 0.3) is 5.91 Å². The number of urea groups is 1. The van der Waals surface area contributed by atoms with E-state index in [1.807, 2.05) is 20.8 Å². The summed E-state index contributed by atoms with van der Waals surface area (Å²) in [6.45, 7) is 5.64. The molecule has 0 bridgehead atoms. The topological polar surface area (TPSA) is 75.4 Å². The van der Waals surface area contributed by atoms with Crippen LogP contribution >= 0.6 is 0 Å². The number of nitrogens with one attached hydrogen (secondary N) is 1. The molecule has 1 fully saturated rings. The Bertz CT molecular complexity index is 252. The molecule has 1 heterocycles. The van der Waals surface area contributed by atoms with Gasteiger partial charge in [0.2, 0.25) is 0 Å². The molecule has 0 aromatic rings. The lowest BCUT2D eigenvalue weighted by atomic mass is 9.84. The average molecular weight is 185 g/mol. The molecule has 5 nitrogen and oxygen atoms in total. The molecule has 0 spiro atoms. The molecule has 0 radical (unpaired) electrons. The van der Waals surface area contributed by atoms with Crippen LogP contribution in [-0.4, -0.2) is 22.5 Å². The fourth-order valence-corrected chi connectivity index (χ4v) is 1.65. The molecule has 1 saturated heterocycles. The van der Waals surface area contributed by atoms with Crippen molar-refractivity contribution in [2.24, 2.45) is 11.8 Å². The Balaban J connectivity index is 3.04. The first-order valence-electron chi connectivity index (χ1n) is 4.37. The Morgan fingerprint density at radius 1 is 1.54 bits per heavy atom. The van der Waals surface area contributed by atoms with E-state index in [0.29, 0.717) is 11.4 Å². The maximum Gasteiger partial charge on any atom is 0.339 e. The van der Waals surface area contributed by atoms with Gasteiger partial charge in [-0.2, -0.15) is 5.01 Å². The number of hydrogen-bond acceptors (Lipinski definition) is 3. The molecule has 5 heteroatoms. The summed E-state index contributed by atoms with van der Waals surface area (Å²) >= 11 is 0. The number of hydrazine groups is 1. The first kappa shape index (κ1) is 9.98. The molecule has 0 aromatic carbocycles. The zero-order valence-corrected chi connectivity index (χ0v) is 8.13. The van der Waals surface area contributed by atoms with Gasteiger partial charge < -0.3 is 5.32 Å². The molecule has 3 N–H and O–H groups in total. The van der Waals surface area contributed by atoms with Crippen LogP contribution in [0, 0.1) is 5.92 Å². The van der Waals surface area contributed by atoms with Gasteiger partial charge >= 0.3 is 6.03 Å². The van der Waals surface area contributed by atoms with Crippen molar-refractivity contribution in [2.75, 3.05) is 0 Å². The minimum Gasteiger partial charge on any atom is -0.322 e. The molecule has 1 unspecified atom stereocenters. The van der Waals surface area contributed by atoms with Crippen LogP contribution < -0.4 is 11.2 Å². The molecular formula is C8H15N3O2. The molecule has 0 saturated carbocycles. The second kappa shape index (κ2) is 2.99. The second-order valence-electron chi connectivity index (χ2n) is 3.58. The minimum absolute atomic E-state index is 0.0440. The van der Waals surface area contributed by atoms with Crippen molar-refractivity contribution in [2.45, 2.75) is 32.7 Å². The monoisotopic (exact) mass is 185 g/mol. The van der Waals surface area contributed by atoms with Crippen molar-refractivity contribution in [3.63, 3.8) is 0 Å². The van der Waals surface area contributed by atoms with Gasteiger partial charge in [0.1, 0.15) is 5.54 Å². The SMILES string of the molecule is CCC1(C(C)C)NC(=O)N(N)C1=O. The molecule has 3 amide bonds. The number of nitrogens with two attached hydrogens (primary N) is 1. The fraction of sp³-hybridized carbons (Fsp3) is 0.750. The predicted molar refractivity (Wildman–Crippen MR) is 47.4 cm³/mol. The van der Waals surface area contributed by atoms with E-state index in [0.717, 1.165) is 0 Å². The van der Waals surface area contributed by atoms with Crippen molar-refractivity contribution in [3.05, 3.63) is 0 Å². The Morgan fingerprint density at radius 3 is 2.23 bits per heavy atom. The van der Waals surface area contributed by atoms with Gasteiger partial charge in [0.05, 0.1) is 0 Å².